The number of nitrogens with zero attached hydrogens (tertiary/aromatic N) is 4. The zero-order valence-electron chi connectivity index (χ0n) is 16.8. The van der Waals surface area contributed by atoms with Gasteiger partial charge in [0.15, 0.2) is 5.65 Å². The molecule has 0 radical (unpaired) electrons. The Balaban J connectivity index is 1.69. The van der Waals surface area contributed by atoms with Crippen molar-refractivity contribution in [2.75, 3.05) is 5.32 Å². The minimum Gasteiger partial charge on any atom is -0.324 e. The molecule has 170 valence electrons. The summed E-state index contributed by atoms with van der Waals surface area (Å²) in [5, 5.41) is 7.40. The van der Waals surface area contributed by atoms with Crippen LogP contribution in [0.25, 0.3) is 17.0 Å². The average Bonchev–Trinajstić information content (AvgIpc) is 3.01. The van der Waals surface area contributed by atoms with E-state index in [1.54, 1.807) is 6.92 Å². The summed E-state index contributed by atoms with van der Waals surface area (Å²) >= 11 is 11.8. The molecule has 33 heavy (non-hydrogen) atoms. The minimum absolute atomic E-state index is 0.108. The number of alkyl halides is 3. The Morgan fingerprint density at radius 1 is 1.06 bits per heavy atom. The lowest BCUT2D eigenvalue weighted by molar-refractivity contribution is -0.137. The molecule has 0 saturated heterocycles. The molecule has 0 fully saturated rings. The van der Waals surface area contributed by atoms with Crippen molar-refractivity contribution in [3.05, 3.63) is 80.3 Å². The van der Waals surface area contributed by atoms with E-state index in [1.165, 1.54) is 36.4 Å². The van der Waals surface area contributed by atoms with E-state index in [9.17, 15) is 22.8 Å². The van der Waals surface area contributed by atoms with Crippen LogP contribution in [0.3, 0.4) is 0 Å². The normalized spacial score (nSPS) is 11.7. The lowest BCUT2D eigenvalue weighted by Gasteiger charge is -2.08. The van der Waals surface area contributed by atoms with Gasteiger partial charge < -0.3 is 5.32 Å². The van der Waals surface area contributed by atoms with Gasteiger partial charge in [0.25, 0.3) is 0 Å². The van der Waals surface area contributed by atoms with E-state index in [1.807, 2.05) is 0 Å². The van der Waals surface area contributed by atoms with Gasteiger partial charge in [-0.1, -0.05) is 35.3 Å². The van der Waals surface area contributed by atoms with Gasteiger partial charge >= 0.3 is 11.9 Å². The fourth-order valence-electron chi connectivity index (χ4n) is 3.22. The highest BCUT2D eigenvalue weighted by Gasteiger charge is 2.30. The standard InChI is InChI=1S/C21H14Cl2F3N5O2/c1-11-6-17-29-30(10-18(32)28-16-8-14(22)7-15(23)9-16)20(33)31(17)19(27-11)12-2-4-13(5-3-12)21(24,25)26/h2-9H,10H2,1H3,(H,28,32). The number of benzene rings is 2. The Hall–Kier alpha value is -3.37. The van der Waals surface area contributed by atoms with Crippen LogP contribution in [0.1, 0.15) is 11.3 Å². The van der Waals surface area contributed by atoms with Crippen LogP contribution >= 0.6 is 23.2 Å². The summed E-state index contributed by atoms with van der Waals surface area (Å²) in [7, 11) is 0. The van der Waals surface area contributed by atoms with Gasteiger partial charge in [-0.3, -0.25) is 4.79 Å². The third kappa shape index (κ3) is 4.86. The number of aryl methyl sites for hydroxylation is 1. The highest BCUT2D eigenvalue weighted by atomic mass is 35.5. The van der Waals surface area contributed by atoms with Gasteiger partial charge in [-0.15, -0.1) is 5.10 Å². The van der Waals surface area contributed by atoms with Crippen LogP contribution in [0.5, 0.6) is 0 Å². The van der Waals surface area contributed by atoms with Gasteiger partial charge in [-0.2, -0.15) is 13.2 Å². The molecular formula is C21H14Cl2F3N5O2. The van der Waals surface area contributed by atoms with E-state index in [4.69, 9.17) is 23.2 Å². The number of amides is 1. The highest BCUT2D eigenvalue weighted by molar-refractivity contribution is 6.35. The molecule has 0 unspecified atom stereocenters. The quantitative estimate of drug-likeness (QED) is 0.439. The number of carbonyl (C=O) groups excluding carboxylic acids is 1. The molecule has 2 aromatic heterocycles. The smallest absolute Gasteiger partial charge is 0.324 e. The van der Waals surface area contributed by atoms with Gasteiger partial charge in [0.1, 0.15) is 12.4 Å². The molecule has 0 bridgehead atoms. The van der Waals surface area contributed by atoms with Crippen molar-refractivity contribution >= 4 is 40.4 Å². The summed E-state index contributed by atoms with van der Waals surface area (Å²) in [5.74, 6) is -0.448. The number of anilines is 1. The van der Waals surface area contributed by atoms with Crippen LogP contribution in [0, 0.1) is 6.92 Å². The molecule has 7 nitrogen and oxygen atoms in total. The van der Waals surface area contributed by atoms with E-state index < -0.39 is 29.9 Å². The first-order chi connectivity index (χ1) is 15.5. The lowest BCUT2D eigenvalue weighted by Crippen LogP contribution is -2.28. The van der Waals surface area contributed by atoms with Crippen LogP contribution in [0.15, 0.2) is 53.3 Å². The molecule has 0 saturated carbocycles. The first-order valence-corrected chi connectivity index (χ1v) is 10.2. The molecule has 2 heterocycles. The number of nitrogens with one attached hydrogen (secondary N) is 1. The monoisotopic (exact) mass is 495 g/mol. The van der Waals surface area contributed by atoms with Crippen LogP contribution in [-0.4, -0.2) is 25.1 Å². The number of hydrogen-bond donors (Lipinski definition) is 1. The number of aromatic nitrogens is 4. The molecule has 4 rings (SSSR count). The summed E-state index contributed by atoms with van der Waals surface area (Å²) in [6.45, 7) is 1.24. The summed E-state index contributed by atoms with van der Waals surface area (Å²) < 4.78 is 40.7. The zero-order chi connectivity index (χ0) is 23.9. The first kappa shape index (κ1) is 22.8. The zero-order valence-corrected chi connectivity index (χ0v) is 18.3. The molecule has 0 atom stereocenters. The van der Waals surface area contributed by atoms with Crippen molar-refractivity contribution in [1.29, 1.82) is 0 Å². The Kier molecular flexibility index (Phi) is 5.89. The SMILES string of the molecule is Cc1cc2nn(CC(=O)Nc3cc(Cl)cc(Cl)c3)c(=O)n2c(-c2ccc(C(F)(F)F)cc2)n1. The van der Waals surface area contributed by atoms with Crippen molar-refractivity contribution in [2.45, 2.75) is 19.6 Å². The van der Waals surface area contributed by atoms with Crippen molar-refractivity contribution in [1.82, 2.24) is 19.2 Å². The first-order valence-electron chi connectivity index (χ1n) is 9.42. The maximum atomic E-state index is 13.0. The molecule has 1 amide bonds. The molecule has 0 aliphatic carbocycles. The van der Waals surface area contributed by atoms with Crippen molar-refractivity contribution < 1.29 is 18.0 Å². The largest absolute Gasteiger partial charge is 0.416 e. The third-order valence-corrected chi connectivity index (χ3v) is 5.04. The summed E-state index contributed by atoms with van der Waals surface area (Å²) in [6, 6.07) is 10.3. The number of hydrogen-bond acceptors (Lipinski definition) is 4. The average molecular weight is 496 g/mol. The molecule has 2 aromatic carbocycles. The molecule has 4 aromatic rings. The Bertz CT molecular complexity index is 1410. The Morgan fingerprint density at radius 3 is 2.30 bits per heavy atom. The van der Waals surface area contributed by atoms with Gasteiger partial charge in [0.05, 0.1) is 5.56 Å². The third-order valence-electron chi connectivity index (χ3n) is 4.61. The maximum absolute atomic E-state index is 13.0. The van der Waals surface area contributed by atoms with Crippen molar-refractivity contribution in [3.8, 4) is 11.4 Å². The second-order valence-electron chi connectivity index (χ2n) is 7.14. The minimum atomic E-state index is -4.49. The summed E-state index contributed by atoms with van der Waals surface area (Å²) in [5.41, 5.74) is -0.176. The van der Waals surface area contributed by atoms with E-state index >= 15 is 0 Å². The predicted octanol–water partition coefficient (Wildman–Crippen LogP) is 4.83. The lowest BCUT2D eigenvalue weighted by atomic mass is 10.1. The van der Waals surface area contributed by atoms with E-state index in [0.29, 0.717) is 21.4 Å². The number of fused-ring (bicyclic) bond motifs is 1. The van der Waals surface area contributed by atoms with Crippen molar-refractivity contribution in [2.24, 2.45) is 0 Å². The Labute approximate surface area is 194 Å². The molecule has 0 spiro atoms. The fourth-order valence-corrected chi connectivity index (χ4v) is 3.75. The van der Waals surface area contributed by atoms with Gasteiger partial charge in [0, 0.05) is 33.1 Å². The molecule has 0 aliphatic rings. The molecule has 0 aliphatic heterocycles. The topological polar surface area (TPSA) is 81.3 Å². The molecule has 12 heteroatoms. The second-order valence-corrected chi connectivity index (χ2v) is 8.01. The highest BCUT2D eigenvalue weighted by Crippen LogP contribution is 2.30. The van der Waals surface area contributed by atoms with E-state index in [2.05, 4.69) is 15.4 Å². The van der Waals surface area contributed by atoms with Crippen LogP contribution in [0.2, 0.25) is 10.0 Å². The van der Waals surface area contributed by atoms with Gasteiger partial charge in [-0.05, 0) is 37.3 Å². The molecular weight excluding hydrogens is 482 g/mol. The Morgan fingerprint density at radius 2 is 1.70 bits per heavy atom. The fraction of sp³-hybridized carbons (Fsp3) is 0.143. The van der Waals surface area contributed by atoms with Gasteiger partial charge in [-0.25, -0.2) is 18.9 Å². The van der Waals surface area contributed by atoms with E-state index in [-0.39, 0.29) is 17.0 Å². The van der Waals surface area contributed by atoms with Gasteiger partial charge in [0.2, 0.25) is 5.91 Å². The van der Waals surface area contributed by atoms with E-state index in [0.717, 1.165) is 21.2 Å². The van der Waals surface area contributed by atoms with Crippen LogP contribution < -0.4 is 11.0 Å². The molecule has 1 N–H and O–H groups in total. The maximum Gasteiger partial charge on any atom is 0.416 e. The number of rotatable bonds is 4. The van der Waals surface area contributed by atoms with Crippen molar-refractivity contribution in [3.63, 3.8) is 0 Å². The predicted molar refractivity (Wildman–Crippen MR) is 118 cm³/mol. The van der Waals surface area contributed by atoms with Crippen LogP contribution in [0.4, 0.5) is 18.9 Å². The number of carbonyl (C=O) groups is 1. The summed E-state index contributed by atoms with van der Waals surface area (Å²) in [4.78, 5) is 29.7. The second kappa shape index (κ2) is 8.53. The summed E-state index contributed by atoms with van der Waals surface area (Å²) in [6.07, 6.45) is -4.49. The number of halogens is 5. The van der Waals surface area contributed by atoms with Crippen LogP contribution in [-0.2, 0) is 17.5 Å².